The van der Waals surface area contributed by atoms with Gasteiger partial charge in [-0.1, -0.05) is 54.6 Å². The van der Waals surface area contributed by atoms with Crippen LogP contribution in [-0.2, 0) is 15.8 Å². The lowest BCUT2D eigenvalue weighted by atomic mass is 10.2. The van der Waals surface area contributed by atoms with Gasteiger partial charge in [-0.15, -0.1) is 0 Å². The van der Waals surface area contributed by atoms with Crippen molar-refractivity contribution in [1.82, 2.24) is 0 Å². The van der Waals surface area contributed by atoms with Crippen molar-refractivity contribution in [2.24, 2.45) is 0 Å². The number of para-hydroxylation sites is 1. The number of nitrogens with one attached hydrogen (secondary N) is 1. The molecule has 0 heterocycles. The highest BCUT2D eigenvalue weighted by molar-refractivity contribution is 7.91. The number of rotatable bonds is 6. The van der Waals surface area contributed by atoms with E-state index in [4.69, 9.17) is 4.74 Å². The van der Waals surface area contributed by atoms with E-state index in [1.165, 1.54) is 0 Å². The highest BCUT2D eigenvalue weighted by atomic mass is 32.2. The van der Waals surface area contributed by atoms with Crippen LogP contribution >= 0.6 is 0 Å². The van der Waals surface area contributed by atoms with Crippen molar-refractivity contribution < 1.29 is 13.2 Å². The molecule has 0 radical (unpaired) electrons. The quantitative estimate of drug-likeness (QED) is 0.723. The third kappa shape index (κ3) is 4.60. The number of hydrogen-bond acceptors (Lipinski definition) is 3. The molecule has 0 saturated carbocycles. The summed E-state index contributed by atoms with van der Waals surface area (Å²) < 4.78 is 32.9. The van der Waals surface area contributed by atoms with E-state index in [0.29, 0.717) is 17.2 Å². The van der Waals surface area contributed by atoms with E-state index in [1.54, 1.807) is 36.4 Å². The summed E-state index contributed by atoms with van der Waals surface area (Å²) in [5.41, 5.74) is 1.21. The minimum Gasteiger partial charge on any atom is -0.457 e. The molecule has 0 spiro atoms. The lowest BCUT2D eigenvalue weighted by molar-refractivity contribution is 0.483. The molecule has 5 heteroatoms. The fourth-order valence-corrected chi connectivity index (χ4v) is 3.45. The predicted molar refractivity (Wildman–Crippen MR) is 95.6 cm³/mol. The Labute approximate surface area is 141 Å². The van der Waals surface area contributed by atoms with E-state index < -0.39 is 10.0 Å². The lowest BCUT2D eigenvalue weighted by Crippen LogP contribution is -2.15. The minimum atomic E-state index is -3.48. The largest absolute Gasteiger partial charge is 0.457 e. The summed E-state index contributed by atoms with van der Waals surface area (Å²) in [5, 5.41) is 0. The van der Waals surface area contributed by atoms with Crippen LogP contribution in [0, 0.1) is 0 Å². The molecule has 0 unspecified atom stereocenters. The van der Waals surface area contributed by atoms with Crippen LogP contribution in [0.3, 0.4) is 0 Å². The van der Waals surface area contributed by atoms with Gasteiger partial charge in [-0.3, -0.25) is 4.72 Å². The van der Waals surface area contributed by atoms with Gasteiger partial charge in [-0.05, 0) is 29.8 Å². The molecule has 3 aromatic carbocycles. The first-order valence-electron chi connectivity index (χ1n) is 7.48. The molecule has 122 valence electrons. The maximum atomic E-state index is 12.3. The summed E-state index contributed by atoms with van der Waals surface area (Å²) in [4.78, 5) is 0. The third-order valence-corrected chi connectivity index (χ3v) is 4.55. The SMILES string of the molecule is O=S(=O)(Cc1ccccc1)Nc1cccc(Oc2ccccc2)c1. The zero-order valence-corrected chi connectivity index (χ0v) is 13.7. The van der Waals surface area contributed by atoms with E-state index >= 15 is 0 Å². The summed E-state index contributed by atoms with van der Waals surface area (Å²) >= 11 is 0. The molecule has 0 aliphatic heterocycles. The van der Waals surface area contributed by atoms with Gasteiger partial charge in [0.05, 0.1) is 11.4 Å². The van der Waals surface area contributed by atoms with Crippen LogP contribution in [0.1, 0.15) is 5.56 Å². The zero-order valence-electron chi connectivity index (χ0n) is 12.9. The van der Waals surface area contributed by atoms with Gasteiger partial charge in [0.1, 0.15) is 11.5 Å². The summed E-state index contributed by atoms with van der Waals surface area (Å²) in [7, 11) is -3.48. The average Bonchev–Trinajstić information content (AvgIpc) is 2.56. The third-order valence-electron chi connectivity index (χ3n) is 3.29. The Morgan fingerprint density at radius 1 is 0.750 bits per heavy atom. The van der Waals surface area contributed by atoms with Gasteiger partial charge < -0.3 is 4.74 Å². The zero-order chi connectivity index (χ0) is 16.8. The molecule has 0 aliphatic rings. The Morgan fingerprint density at radius 3 is 2.08 bits per heavy atom. The molecule has 0 atom stereocenters. The van der Waals surface area contributed by atoms with Crippen LogP contribution in [-0.4, -0.2) is 8.42 Å². The van der Waals surface area contributed by atoms with Gasteiger partial charge in [0.2, 0.25) is 10.0 Å². The van der Waals surface area contributed by atoms with Crippen LogP contribution < -0.4 is 9.46 Å². The molecular weight excluding hydrogens is 322 g/mol. The van der Waals surface area contributed by atoms with E-state index in [2.05, 4.69) is 4.72 Å². The van der Waals surface area contributed by atoms with Crippen molar-refractivity contribution >= 4 is 15.7 Å². The number of hydrogen-bond donors (Lipinski definition) is 1. The first-order valence-corrected chi connectivity index (χ1v) is 9.13. The molecule has 4 nitrogen and oxygen atoms in total. The molecule has 0 aromatic heterocycles. The average molecular weight is 339 g/mol. The Bertz CT molecular complexity index is 894. The van der Waals surface area contributed by atoms with Gasteiger partial charge in [-0.25, -0.2) is 8.42 Å². The Balaban J connectivity index is 1.72. The van der Waals surface area contributed by atoms with Crippen LogP contribution in [0.4, 0.5) is 5.69 Å². The van der Waals surface area contributed by atoms with Gasteiger partial charge in [0.15, 0.2) is 0 Å². The highest BCUT2D eigenvalue weighted by Crippen LogP contribution is 2.24. The first kappa shape index (κ1) is 16.1. The summed E-state index contributed by atoms with van der Waals surface area (Å²) in [5.74, 6) is 1.19. The molecule has 0 amide bonds. The Morgan fingerprint density at radius 2 is 1.38 bits per heavy atom. The van der Waals surface area contributed by atoms with Crippen molar-refractivity contribution in [3.63, 3.8) is 0 Å². The van der Waals surface area contributed by atoms with Gasteiger partial charge >= 0.3 is 0 Å². The summed E-state index contributed by atoms with van der Waals surface area (Å²) in [6.07, 6.45) is 0. The molecule has 0 saturated heterocycles. The normalized spacial score (nSPS) is 11.0. The lowest BCUT2D eigenvalue weighted by Gasteiger charge is -2.10. The number of sulfonamides is 1. The second-order valence-corrected chi connectivity index (χ2v) is 7.01. The first-order chi connectivity index (χ1) is 11.6. The van der Waals surface area contributed by atoms with E-state index in [9.17, 15) is 8.42 Å². The van der Waals surface area contributed by atoms with Crippen molar-refractivity contribution in [1.29, 1.82) is 0 Å². The maximum absolute atomic E-state index is 12.3. The van der Waals surface area contributed by atoms with Crippen LogP contribution in [0.25, 0.3) is 0 Å². The predicted octanol–water partition coefficient (Wildman–Crippen LogP) is 4.42. The Kier molecular flexibility index (Phi) is 4.82. The molecule has 0 bridgehead atoms. The van der Waals surface area contributed by atoms with Gasteiger partial charge in [-0.2, -0.15) is 0 Å². The molecule has 24 heavy (non-hydrogen) atoms. The molecule has 0 aliphatic carbocycles. The van der Waals surface area contributed by atoms with E-state index in [-0.39, 0.29) is 5.75 Å². The highest BCUT2D eigenvalue weighted by Gasteiger charge is 2.12. The Hall–Kier alpha value is -2.79. The molecule has 3 rings (SSSR count). The smallest absolute Gasteiger partial charge is 0.236 e. The number of anilines is 1. The van der Waals surface area contributed by atoms with Gasteiger partial charge in [0, 0.05) is 6.07 Å². The fourth-order valence-electron chi connectivity index (χ4n) is 2.26. The van der Waals surface area contributed by atoms with E-state index in [1.807, 2.05) is 48.5 Å². The van der Waals surface area contributed by atoms with Crippen LogP contribution in [0.2, 0.25) is 0 Å². The standard InChI is InChI=1S/C19H17NO3S/c21-24(22,15-16-8-3-1-4-9-16)20-17-10-7-13-19(14-17)23-18-11-5-2-6-12-18/h1-14,20H,15H2. The molecule has 1 N–H and O–H groups in total. The van der Waals surface area contributed by atoms with Crippen LogP contribution in [0.15, 0.2) is 84.9 Å². The van der Waals surface area contributed by atoms with Crippen molar-refractivity contribution in [3.05, 3.63) is 90.5 Å². The molecular formula is C19H17NO3S. The number of ether oxygens (including phenoxy) is 1. The summed E-state index contributed by atoms with van der Waals surface area (Å²) in [6.45, 7) is 0. The van der Waals surface area contributed by atoms with Crippen molar-refractivity contribution in [2.45, 2.75) is 5.75 Å². The molecule has 0 fully saturated rings. The van der Waals surface area contributed by atoms with Gasteiger partial charge in [0.25, 0.3) is 0 Å². The minimum absolute atomic E-state index is 0.0718. The topological polar surface area (TPSA) is 55.4 Å². The van der Waals surface area contributed by atoms with E-state index in [0.717, 1.165) is 5.56 Å². The van der Waals surface area contributed by atoms with Crippen molar-refractivity contribution in [3.8, 4) is 11.5 Å². The second kappa shape index (κ2) is 7.19. The van der Waals surface area contributed by atoms with Crippen molar-refractivity contribution in [2.75, 3.05) is 4.72 Å². The number of benzene rings is 3. The summed E-state index contributed by atoms with van der Waals surface area (Å²) in [6, 6.07) is 25.3. The second-order valence-electron chi connectivity index (χ2n) is 5.29. The fraction of sp³-hybridized carbons (Fsp3) is 0.0526. The maximum Gasteiger partial charge on any atom is 0.236 e. The van der Waals surface area contributed by atoms with Crippen LogP contribution in [0.5, 0.6) is 11.5 Å². The monoisotopic (exact) mass is 339 g/mol. The molecule has 3 aromatic rings.